The second kappa shape index (κ2) is 7.29. The first-order chi connectivity index (χ1) is 9.35. The van der Waals surface area contributed by atoms with Crippen molar-refractivity contribution < 1.29 is 4.79 Å². The summed E-state index contributed by atoms with van der Waals surface area (Å²) in [6.07, 6.45) is 2.00. The summed E-state index contributed by atoms with van der Waals surface area (Å²) in [7, 11) is 3.96. The second-order valence-corrected chi connectivity index (χ2v) is 6.18. The predicted molar refractivity (Wildman–Crippen MR) is 85.2 cm³/mol. The van der Waals surface area contributed by atoms with Crippen molar-refractivity contribution in [3.05, 3.63) is 29.8 Å². The van der Waals surface area contributed by atoms with E-state index in [1.807, 2.05) is 43.3 Å². The molecule has 0 heterocycles. The quantitative estimate of drug-likeness (QED) is 0.803. The van der Waals surface area contributed by atoms with Gasteiger partial charge >= 0.3 is 0 Å². The summed E-state index contributed by atoms with van der Waals surface area (Å²) in [5, 5.41) is 3.00. The number of hydrogen-bond acceptors (Lipinski definition) is 3. The van der Waals surface area contributed by atoms with Gasteiger partial charge in [0.2, 0.25) is 0 Å². The van der Waals surface area contributed by atoms with Crippen molar-refractivity contribution in [3.63, 3.8) is 0 Å². The normalized spacial score (nSPS) is 11.2. The standard InChI is InChI=1S/C16H27N3O/c1-16(2,10-5-11-17)12-18-15(20)13-6-8-14(9-7-13)19(3)4/h6-9H,5,10-12,17H2,1-4H3,(H,18,20). The van der Waals surface area contributed by atoms with Crippen LogP contribution in [0.15, 0.2) is 24.3 Å². The first kappa shape index (κ1) is 16.5. The van der Waals surface area contributed by atoms with Gasteiger partial charge in [-0.25, -0.2) is 0 Å². The minimum absolute atomic E-state index is 0.0175. The first-order valence-electron chi connectivity index (χ1n) is 7.11. The minimum atomic E-state index is -0.0175. The molecule has 0 bridgehead atoms. The van der Waals surface area contributed by atoms with Crippen LogP contribution in [0.3, 0.4) is 0 Å². The highest BCUT2D eigenvalue weighted by Gasteiger charge is 2.18. The lowest BCUT2D eigenvalue weighted by Crippen LogP contribution is -2.34. The number of nitrogens with zero attached hydrogens (tertiary/aromatic N) is 1. The molecule has 0 unspecified atom stereocenters. The fourth-order valence-electron chi connectivity index (χ4n) is 2.00. The molecule has 1 amide bonds. The SMILES string of the molecule is CN(C)c1ccc(C(=O)NCC(C)(C)CCCN)cc1. The van der Waals surface area contributed by atoms with Crippen LogP contribution in [0.1, 0.15) is 37.0 Å². The summed E-state index contributed by atoms with van der Waals surface area (Å²) in [4.78, 5) is 14.1. The number of rotatable bonds is 7. The van der Waals surface area contributed by atoms with E-state index in [-0.39, 0.29) is 11.3 Å². The molecule has 112 valence electrons. The van der Waals surface area contributed by atoms with Crippen molar-refractivity contribution in [3.8, 4) is 0 Å². The summed E-state index contributed by atoms with van der Waals surface area (Å²) in [6, 6.07) is 7.62. The van der Waals surface area contributed by atoms with E-state index in [0.717, 1.165) is 18.5 Å². The van der Waals surface area contributed by atoms with Gasteiger partial charge in [0.25, 0.3) is 5.91 Å². The van der Waals surface area contributed by atoms with Crippen LogP contribution in [0.25, 0.3) is 0 Å². The van der Waals surface area contributed by atoms with E-state index in [1.54, 1.807) is 0 Å². The molecule has 0 fully saturated rings. The Labute approximate surface area is 122 Å². The molecule has 0 aromatic heterocycles. The fourth-order valence-corrected chi connectivity index (χ4v) is 2.00. The number of carbonyl (C=O) groups is 1. The molecule has 1 aromatic carbocycles. The molecule has 0 radical (unpaired) electrons. The van der Waals surface area contributed by atoms with Gasteiger partial charge < -0.3 is 16.0 Å². The molecule has 0 saturated heterocycles. The average Bonchev–Trinajstić information content (AvgIpc) is 2.43. The van der Waals surface area contributed by atoms with Crippen molar-refractivity contribution in [1.82, 2.24) is 5.32 Å². The lowest BCUT2D eigenvalue weighted by molar-refractivity contribution is 0.0934. The molecule has 0 atom stereocenters. The minimum Gasteiger partial charge on any atom is -0.378 e. The highest BCUT2D eigenvalue weighted by molar-refractivity contribution is 5.94. The maximum absolute atomic E-state index is 12.1. The zero-order chi connectivity index (χ0) is 15.2. The highest BCUT2D eigenvalue weighted by Crippen LogP contribution is 2.21. The van der Waals surface area contributed by atoms with Crippen LogP contribution in [0.2, 0.25) is 0 Å². The molecule has 0 aliphatic rings. The molecule has 20 heavy (non-hydrogen) atoms. The van der Waals surface area contributed by atoms with E-state index >= 15 is 0 Å². The number of hydrogen-bond donors (Lipinski definition) is 2. The van der Waals surface area contributed by atoms with Crippen LogP contribution in [0.5, 0.6) is 0 Å². The van der Waals surface area contributed by atoms with Gasteiger partial charge in [0, 0.05) is 31.9 Å². The molecule has 1 rings (SSSR count). The number of amides is 1. The third kappa shape index (κ3) is 5.21. The summed E-state index contributed by atoms with van der Waals surface area (Å²) in [6.45, 7) is 5.67. The Morgan fingerprint density at radius 3 is 2.35 bits per heavy atom. The van der Waals surface area contributed by atoms with Crippen LogP contribution >= 0.6 is 0 Å². The van der Waals surface area contributed by atoms with Crippen molar-refractivity contribution in [1.29, 1.82) is 0 Å². The van der Waals surface area contributed by atoms with Gasteiger partial charge in [0.15, 0.2) is 0 Å². The molecule has 4 nitrogen and oxygen atoms in total. The Morgan fingerprint density at radius 2 is 1.85 bits per heavy atom. The van der Waals surface area contributed by atoms with Gasteiger partial charge in [-0.1, -0.05) is 13.8 Å². The summed E-state index contributed by atoms with van der Waals surface area (Å²) < 4.78 is 0. The third-order valence-electron chi connectivity index (χ3n) is 3.43. The van der Waals surface area contributed by atoms with Crippen LogP contribution in [-0.2, 0) is 0 Å². The largest absolute Gasteiger partial charge is 0.378 e. The lowest BCUT2D eigenvalue weighted by atomic mass is 9.87. The van der Waals surface area contributed by atoms with Crippen molar-refractivity contribution in [2.45, 2.75) is 26.7 Å². The third-order valence-corrected chi connectivity index (χ3v) is 3.43. The highest BCUT2D eigenvalue weighted by atomic mass is 16.1. The van der Waals surface area contributed by atoms with E-state index in [1.165, 1.54) is 0 Å². The Bertz CT molecular complexity index is 424. The van der Waals surface area contributed by atoms with Crippen LogP contribution in [0.4, 0.5) is 5.69 Å². The zero-order valence-corrected chi connectivity index (χ0v) is 13.1. The average molecular weight is 277 g/mol. The van der Waals surface area contributed by atoms with E-state index < -0.39 is 0 Å². The molecular weight excluding hydrogens is 250 g/mol. The molecule has 0 aliphatic carbocycles. The molecule has 1 aromatic rings. The van der Waals surface area contributed by atoms with Gasteiger partial charge in [-0.2, -0.15) is 0 Å². The molecule has 0 spiro atoms. The Hall–Kier alpha value is -1.55. The molecule has 4 heteroatoms. The van der Waals surface area contributed by atoms with Gasteiger partial charge in [0.1, 0.15) is 0 Å². The molecule has 3 N–H and O–H groups in total. The number of carbonyl (C=O) groups excluding carboxylic acids is 1. The van der Waals surface area contributed by atoms with E-state index in [0.29, 0.717) is 18.7 Å². The fraction of sp³-hybridized carbons (Fsp3) is 0.562. The zero-order valence-electron chi connectivity index (χ0n) is 13.1. The number of anilines is 1. The first-order valence-corrected chi connectivity index (χ1v) is 7.11. The van der Waals surface area contributed by atoms with Crippen molar-refractivity contribution in [2.75, 3.05) is 32.1 Å². The lowest BCUT2D eigenvalue weighted by Gasteiger charge is -2.24. The second-order valence-electron chi connectivity index (χ2n) is 6.18. The Balaban J connectivity index is 2.54. The van der Waals surface area contributed by atoms with Crippen LogP contribution < -0.4 is 16.0 Å². The van der Waals surface area contributed by atoms with Crippen LogP contribution in [-0.4, -0.2) is 33.1 Å². The maximum Gasteiger partial charge on any atom is 0.251 e. The maximum atomic E-state index is 12.1. The monoisotopic (exact) mass is 277 g/mol. The van der Waals surface area contributed by atoms with Gasteiger partial charge in [0.05, 0.1) is 0 Å². The Kier molecular flexibility index (Phi) is 6.02. The van der Waals surface area contributed by atoms with Crippen molar-refractivity contribution in [2.24, 2.45) is 11.1 Å². The summed E-state index contributed by atoms with van der Waals surface area (Å²) >= 11 is 0. The molecule has 0 aliphatic heterocycles. The summed E-state index contributed by atoms with van der Waals surface area (Å²) in [5.41, 5.74) is 7.40. The van der Waals surface area contributed by atoms with Crippen LogP contribution in [0, 0.1) is 5.41 Å². The topological polar surface area (TPSA) is 58.4 Å². The number of benzene rings is 1. The Morgan fingerprint density at radius 1 is 1.25 bits per heavy atom. The van der Waals surface area contributed by atoms with Crippen molar-refractivity contribution >= 4 is 11.6 Å². The number of nitrogens with two attached hydrogens (primary N) is 1. The predicted octanol–water partition coefficient (Wildman–Crippen LogP) is 2.25. The van der Waals surface area contributed by atoms with Gasteiger partial charge in [-0.15, -0.1) is 0 Å². The van der Waals surface area contributed by atoms with Gasteiger partial charge in [-0.05, 0) is 49.1 Å². The molecular formula is C16H27N3O. The molecule has 0 saturated carbocycles. The number of nitrogens with one attached hydrogen (secondary N) is 1. The van der Waals surface area contributed by atoms with E-state index in [2.05, 4.69) is 19.2 Å². The summed E-state index contributed by atoms with van der Waals surface area (Å²) in [5.74, 6) is -0.0175. The van der Waals surface area contributed by atoms with E-state index in [9.17, 15) is 4.79 Å². The van der Waals surface area contributed by atoms with Gasteiger partial charge in [-0.3, -0.25) is 4.79 Å². The smallest absolute Gasteiger partial charge is 0.251 e. The van der Waals surface area contributed by atoms with E-state index in [4.69, 9.17) is 5.73 Å².